The van der Waals surface area contributed by atoms with Crippen LogP contribution in [0.25, 0.3) is 0 Å². The predicted octanol–water partition coefficient (Wildman–Crippen LogP) is 3.95. The molecule has 2 heterocycles. The minimum absolute atomic E-state index is 0. The number of hydrogen-bond acceptors (Lipinski definition) is 4. The van der Waals surface area contributed by atoms with Gasteiger partial charge in [-0.05, 0) is 63.4 Å². The second-order valence-corrected chi connectivity index (χ2v) is 8.08. The first-order valence-corrected chi connectivity index (χ1v) is 10.9. The molecule has 0 saturated carbocycles. The molecule has 2 aliphatic rings. The van der Waals surface area contributed by atoms with Gasteiger partial charge < -0.3 is 19.7 Å². The van der Waals surface area contributed by atoms with E-state index in [1.54, 1.807) is 12.1 Å². The number of guanidine groups is 1. The number of hydrogen-bond donors (Lipinski definition) is 1. The van der Waals surface area contributed by atoms with E-state index in [1.807, 2.05) is 19.2 Å². The van der Waals surface area contributed by atoms with Crippen LogP contribution in [0.1, 0.15) is 38.2 Å². The Kier molecular flexibility index (Phi) is 10.7. The van der Waals surface area contributed by atoms with E-state index in [0.717, 1.165) is 63.8 Å². The van der Waals surface area contributed by atoms with Crippen molar-refractivity contribution in [2.75, 3.05) is 46.4 Å². The number of likely N-dealkylation sites (tertiary alicyclic amines) is 1. The molecule has 1 aromatic rings. The number of aliphatic imine (C=N–C) groups is 1. The number of benzene rings is 1. The molecule has 2 saturated heterocycles. The Morgan fingerprint density at radius 1 is 1.23 bits per heavy atom. The molecule has 0 radical (unpaired) electrons. The molecule has 176 valence electrons. The summed E-state index contributed by atoms with van der Waals surface area (Å²) in [5.74, 6) is 1.03. The molecule has 3 rings (SSSR count). The molecule has 0 aliphatic carbocycles. The number of halogens is 3. The molecule has 0 amide bonds. The Morgan fingerprint density at radius 2 is 1.87 bits per heavy atom. The molecule has 2 aliphatic heterocycles. The van der Waals surface area contributed by atoms with Crippen molar-refractivity contribution in [2.24, 2.45) is 4.99 Å². The maximum atomic E-state index is 12.3. The summed E-state index contributed by atoms with van der Waals surface area (Å²) >= 11 is 0. The van der Waals surface area contributed by atoms with Crippen molar-refractivity contribution < 1.29 is 18.3 Å². The van der Waals surface area contributed by atoms with Crippen molar-refractivity contribution in [3.8, 4) is 5.75 Å². The summed E-state index contributed by atoms with van der Waals surface area (Å²) in [4.78, 5) is 9.71. The molecule has 0 atom stereocenters. The van der Waals surface area contributed by atoms with Crippen molar-refractivity contribution in [1.82, 2.24) is 15.1 Å². The van der Waals surface area contributed by atoms with Gasteiger partial charge >= 0.3 is 6.61 Å². The summed E-state index contributed by atoms with van der Waals surface area (Å²) in [5, 5.41) is 3.39. The van der Waals surface area contributed by atoms with Crippen LogP contribution in [-0.4, -0.2) is 74.4 Å². The number of ether oxygens (including phenoxy) is 2. The molecule has 0 unspecified atom stereocenters. The molecule has 0 bridgehead atoms. The highest BCUT2D eigenvalue weighted by atomic mass is 127. The number of alkyl halides is 2. The molecule has 31 heavy (non-hydrogen) atoms. The average Bonchev–Trinajstić information content (AvgIpc) is 3.28. The van der Waals surface area contributed by atoms with Gasteiger partial charge in [-0.2, -0.15) is 8.78 Å². The van der Waals surface area contributed by atoms with Crippen molar-refractivity contribution in [3.05, 3.63) is 29.8 Å². The van der Waals surface area contributed by atoms with Crippen molar-refractivity contribution >= 4 is 29.9 Å². The smallest absolute Gasteiger partial charge is 0.387 e. The number of nitrogens with one attached hydrogen (secondary N) is 1. The zero-order valence-electron chi connectivity index (χ0n) is 18.5. The highest BCUT2D eigenvalue weighted by Crippen LogP contribution is 2.31. The van der Waals surface area contributed by atoms with Gasteiger partial charge in [-0.3, -0.25) is 9.89 Å². The SMILES string of the molecule is CCNC(=NCC1(N2CCCC2)CCOCC1)N(C)Cc1ccc(OC(F)F)cc1.I. The maximum absolute atomic E-state index is 12.3. The summed E-state index contributed by atoms with van der Waals surface area (Å²) in [6.45, 7) is 5.30. The van der Waals surface area contributed by atoms with E-state index in [9.17, 15) is 8.78 Å². The van der Waals surface area contributed by atoms with Gasteiger partial charge in [0.05, 0.1) is 6.54 Å². The Labute approximate surface area is 201 Å². The van der Waals surface area contributed by atoms with E-state index in [2.05, 4.69) is 26.8 Å². The van der Waals surface area contributed by atoms with Gasteiger partial charge in [0.25, 0.3) is 0 Å². The van der Waals surface area contributed by atoms with E-state index in [4.69, 9.17) is 9.73 Å². The molecule has 0 aromatic heterocycles. The number of rotatable bonds is 8. The quantitative estimate of drug-likeness (QED) is 0.301. The van der Waals surface area contributed by atoms with Crippen LogP contribution in [0.5, 0.6) is 5.75 Å². The fourth-order valence-electron chi connectivity index (χ4n) is 4.33. The van der Waals surface area contributed by atoms with Crippen molar-refractivity contribution in [2.45, 2.75) is 51.3 Å². The molecule has 1 aromatic carbocycles. The van der Waals surface area contributed by atoms with Crippen LogP contribution in [-0.2, 0) is 11.3 Å². The van der Waals surface area contributed by atoms with Gasteiger partial charge in [-0.25, -0.2) is 0 Å². The third-order valence-electron chi connectivity index (χ3n) is 5.99. The zero-order chi connectivity index (χ0) is 21.4. The topological polar surface area (TPSA) is 49.3 Å². The average molecular weight is 552 g/mol. The number of nitrogens with zero attached hydrogens (tertiary/aromatic N) is 3. The van der Waals surface area contributed by atoms with Crippen LogP contribution >= 0.6 is 24.0 Å². The van der Waals surface area contributed by atoms with Crippen molar-refractivity contribution in [1.29, 1.82) is 0 Å². The second-order valence-electron chi connectivity index (χ2n) is 8.08. The lowest BCUT2D eigenvalue weighted by Crippen LogP contribution is -2.54. The van der Waals surface area contributed by atoms with E-state index in [1.165, 1.54) is 12.8 Å². The monoisotopic (exact) mass is 552 g/mol. The Morgan fingerprint density at radius 3 is 2.45 bits per heavy atom. The first-order chi connectivity index (χ1) is 14.5. The molecule has 2 fully saturated rings. The molecule has 6 nitrogen and oxygen atoms in total. The Balaban J connectivity index is 0.00000341. The van der Waals surface area contributed by atoms with Gasteiger partial charge in [0.2, 0.25) is 0 Å². The predicted molar refractivity (Wildman–Crippen MR) is 130 cm³/mol. The first-order valence-electron chi connectivity index (χ1n) is 10.9. The first kappa shape index (κ1) is 26.1. The van der Waals surface area contributed by atoms with Crippen LogP contribution in [0.2, 0.25) is 0 Å². The third-order valence-corrected chi connectivity index (χ3v) is 5.99. The van der Waals surface area contributed by atoms with Crippen LogP contribution in [0, 0.1) is 0 Å². The lowest BCUT2D eigenvalue weighted by Gasteiger charge is -2.43. The summed E-state index contributed by atoms with van der Waals surface area (Å²) in [6, 6.07) is 6.76. The normalized spacial score (nSPS) is 19.2. The van der Waals surface area contributed by atoms with Crippen LogP contribution in [0.3, 0.4) is 0 Å². The minimum Gasteiger partial charge on any atom is -0.435 e. The van der Waals surface area contributed by atoms with Gasteiger partial charge in [-0.15, -0.1) is 24.0 Å². The van der Waals surface area contributed by atoms with Gasteiger partial charge in [-0.1, -0.05) is 12.1 Å². The Hall–Kier alpha value is -1.20. The molecular formula is C22H35F2IN4O2. The van der Waals surface area contributed by atoms with E-state index >= 15 is 0 Å². The van der Waals surface area contributed by atoms with Gasteiger partial charge in [0.15, 0.2) is 5.96 Å². The minimum atomic E-state index is -2.81. The highest BCUT2D eigenvalue weighted by molar-refractivity contribution is 14.0. The molecule has 1 N–H and O–H groups in total. The largest absolute Gasteiger partial charge is 0.435 e. The molecule has 9 heteroatoms. The summed E-state index contributed by atoms with van der Waals surface area (Å²) in [5.41, 5.74) is 1.09. The van der Waals surface area contributed by atoms with Gasteiger partial charge in [0.1, 0.15) is 5.75 Å². The zero-order valence-corrected chi connectivity index (χ0v) is 20.8. The van der Waals surface area contributed by atoms with Crippen molar-refractivity contribution in [3.63, 3.8) is 0 Å². The maximum Gasteiger partial charge on any atom is 0.387 e. The summed E-state index contributed by atoms with van der Waals surface area (Å²) in [6.07, 6.45) is 4.56. The van der Waals surface area contributed by atoms with Crippen LogP contribution in [0.4, 0.5) is 8.78 Å². The standard InChI is InChI=1S/C22H34F2N4O2.HI/c1-3-25-21(27(2)16-18-6-8-19(9-7-18)30-20(23)24)26-17-22(10-14-29-15-11-22)28-12-4-5-13-28;/h6-9,20H,3-5,10-17H2,1-2H3,(H,25,26);1H. The summed E-state index contributed by atoms with van der Waals surface area (Å²) in [7, 11) is 2.00. The second kappa shape index (κ2) is 12.7. The van der Waals surface area contributed by atoms with Crippen LogP contribution in [0.15, 0.2) is 29.3 Å². The summed E-state index contributed by atoms with van der Waals surface area (Å²) < 4.78 is 34.7. The molecule has 0 spiro atoms. The van der Waals surface area contributed by atoms with Crippen LogP contribution < -0.4 is 10.1 Å². The highest BCUT2D eigenvalue weighted by Gasteiger charge is 2.39. The Bertz CT molecular complexity index is 679. The third kappa shape index (κ3) is 7.42. The molecular weight excluding hydrogens is 517 g/mol. The van der Waals surface area contributed by atoms with Gasteiger partial charge in [0, 0.05) is 38.9 Å². The van der Waals surface area contributed by atoms with E-state index < -0.39 is 6.61 Å². The van der Waals surface area contributed by atoms with E-state index in [-0.39, 0.29) is 35.3 Å². The lowest BCUT2D eigenvalue weighted by molar-refractivity contribution is -0.0498. The fourth-order valence-corrected chi connectivity index (χ4v) is 4.33. The fraction of sp³-hybridized carbons (Fsp3) is 0.682. The lowest BCUT2D eigenvalue weighted by atomic mass is 9.88. The van der Waals surface area contributed by atoms with E-state index in [0.29, 0.717) is 6.54 Å².